The van der Waals surface area contributed by atoms with Gasteiger partial charge in [0.15, 0.2) is 5.82 Å². The lowest BCUT2D eigenvalue weighted by Gasteiger charge is -2.27. The van der Waals surface area contributed by atoms with Crippen LogP contribution in [0.4, 0.5) is 14.6 Å². The summed E-state index contributed by atoms with van der Waals surface area (Å²) >= 11 is 0. The highest BCUT2D eigenvalue weighted by atomic mass is 19.1. The van der Waals surface area contributed by atoms with Gasteiger partial charge in [0.05, 0.1) is 11.6 Å². The van der Waals surface area contributed by atoms with Gasteiger partial charge in [-0.15, -0.1) is 0 Å². The Labute approximate surface area is 138 Å². The van der Waals surface area contributed by atoms with E-state index in [1.165, 1.54) is 12.1 Å². The number of hydrogen-bond acceptors (Lipinski definition) is 2. The van der Waals surface area contributed by atoms with Gasteiger partial charge in [0.1, 0.15) is 12.0 Å². The molecule has 2 aliphatic rings. The number of benzene rings is 1. The standard InChI is InChI=1S/C18H19F2N3O/c1-23-16(11-5-7-12(19)8-6-11)15(10-3-2-4-10)17(22-23)21-18(24)13-9-14(13)20/h5-8,10,13-14H,2-4,9H2,1H3,(H,21,22,24)/t13-,14+/m1/s1. The van der Waals surface area contributed by atoms with Crippen molar-refractivity contribution in [3.8, 4) is 11.3 Å². The van der Waals surface area contributed by atoms with E-state index >= 15 is 0 Å². The molecule has 1 aromatic heterocycles. The molecule has 4 rings (SSSR count). The predicted molar refractivity (Wildman–Crippen MR) is 86.8 cm³/mol. The summed E-state index contributed by atoms with van der Waals surface area (Å²) in [6.07, 6.45) is 2.49. The number of carbonyl (C=O) groups is 1. The average molecular weight is 331 g/mol. The Morgan fingerprint density at radius 1 is 1.29 bits per heavy atom. The maximum absolute atomic E-state index is 13.2. The topological polar surface area (TPSA) is 46.9 Å². The normalized spacial score (nSPS) is 23.0. The van der Waals surface area contributed by atoms with Gasteiger partial charge in [0.25, 0.3) is 0 Å². The van der Waals surface area contributed by atoms with Crippen LogP contribution in [-0.2, 0) is 11.8 Å². The van der Waals surface area contributed by atoms with E-state index in [4.69, 9.17) is 0 Å². The maximum Gasteiger partial charge on any atom is 0.231 e. The zero-order valence-electron chi connectivity index (χ0n) is 13.4. The van der Waals surface area contributed by atoms with Crippen LogP contribution >= 0.6 is 0 Å². The number of nitrogens with zero attached hydrogens (tertiary/aromatic N) is 2. The van der Waals surface area contributed by atoms with Crippen molar-refractivity contribution in [3.63, 3.8) is 0 Å². The maximum atomic E-state index is 13.2. The fourth-order valence-electron chi connectivity index (χ4n) is 3.31. The van der Waals surface area contributed by atoms with Crippen molar-refractivity contribution in [2.45, 2.75) is 37.8 Å². The molecule has 0 radical (unpaired) electrons. The molecule has 4 nitrogen and oxygen atoms in total. The van der Waals surface area contributed by atoms with E-state index in [9.17, 15) is 13.6 Å². The van der Waals surface area contributed by atoms with E-state index in [0.717, 1.165) is 36.1 Å². The van der Waals surface area contributed by atoms with E-state index < -0.39 is 12.1 Å². The average Bonchev–Trinajstić information content (AvgIpc) is 3.15. The molecule has 24 heavy (non-hydrogen) atoms. The zero-order chi connectivity index (χ0) is 16.8. The number of alkyl halides is 1. The van der Waals surface area contributed by atoms with Crippen molar-refractivity contribution in [3.05, 3.63) is 35.6 Å². The Hall–Kier alpha value is -2.24. The van der Waals surface area contributed by atoms with E-state index in [2.05, 4.69) is 10.4 Å². The Bertz CT molecular complexity index is 780. The van der Waals surface area contributed by atoms with Gasteiger partial charge in [0.2, 0.25) is 5.91 Å². The summed E-state index contributed by atoms with van der Waals surface area (Å²) in [7, 11) is 1.81. The quantitative estimate of drug-likeness (QED) is 0.926. The fraction of sp³-hybridized carbons (Fsp3) is 0.444. The number of anilines is 1. The molecule has 0 bridgehead atoms. The first-order chi connectivity index (χ1) is 11.5. The molecule has 0 aliphatic heterocycles. The van der Waals surface area contributed by atoms with Crippen LogP contribution in [0.3, 0.4) is 0 Å². The molecule has 126 valence electrons. The highest BCUT2D eigenvalue weighted by Crippen LogP contribution is 2.45. The summed E-state index contributed by atoms with van der Waals surface area (Å²) in [5.41, 5.74) is 2.74. The van der Waals surface area contributed by atoms with Gasteiger partial charge in [0, 0.05) is 18.2 Å². The van der Waals surface area contributed by atoms with E-state index in [1.807, 2.05) is 7.05 Å². The van der Waals surface area contributed by atoms with Crippen LogP contribution in [-0.4, -0.2) is 21.9 Å². The summed E-state index contributed by atoms with van der Waals surface area (Å²) in [6.45, 7) is 0. The molecule has 2 aliphatic carbocycles. The summed E-state index contributed by atoms with van der Waals surface area (Å²) in [4.78, 5) is 12.1. The molecule has 0 spiro atoms. The molecule has 6 heteroatoms. The molecular weight excluding hydrogens is 312 g/mol. The monoisotopic (exact) mass is 331 g/mol. The third-order valence-corrected chi connectivity index (χ3v) is 5.01. The number of rotatable bonds is 4. The van der Waals surface area contributed by atoms with Crippen molar-refractivity contribution in [1.29, 1.82) is 0 Å². The van der Waals surface area contributed by atoms with Crippen molar-refractivity contribution in [2.24, 2.45) is 13.0 Å². The molecule has 2 aromatic rings. The van der Waals surface area contributed by atoms with Crippen LogP contribution in [0.25, 0.3) is 11.3 Å². The molecule has 1 amide bonds. The number of nitrogens with one attached hydrogen (secondary N) is 1. The minimum Gasteiger partial charge on any atom is -0.309 e. The predicted octanol–water partition coefficient (Wildman–Crippen LogP) is 3.79. The smallest absolute Gasteiger partial charge is 0.231 e. The number of hydrogen-bond donors (Lipinski definition) is 1. The van der Waals surface area contributed by atoms with Crippen LogP contribution < -0.4 is 5.32 Å². The van der Waals surface area contributed by atoms with E-state index in [1.54, 1.807) is 16.8 Å². The first-order valence-corrected chi connectivity index (χ1v) is 8.32. The van der Waals surface area contributed by atoms with Crippen LogP contribution in [0.5, 0.6) is 0 Å². The molecule has 2 atom stereocenters. The summed E-state index contributed by atoms with van der Waals surface area (Å²) < 4.78 is 28.1. The summed E-state index contributed by atoms with van der Waals surface area (Å²) in [5, 5.41) is 7.27. The van der Waals surface area contributed by atoms with Gasteiger partial charge >= 0.3 is 0 Å². The lowest BCUT2D eigenvalue weighted by atomic mass is 9.79. The number of aryl methyl sites for hydroxylation is 1. The molecule has 2 fully saturated rings. The molecule has 0 unspecified atom stereocenters. The van der Waals surface area contributed by atoms with Crippen molar-refractivity contribution >= 4 is 11.7 Å². The molecular formula is C18H19F2N3O. The summed E-state index contributed by atoms with van der Waals surface area (Å²) in [6, 6.07) is 6.28. The second-order valence-corrected chi connectivity index (χ2v) is 6.72. The lowest BCUT2D eigenvalue weighted by molar-refractivity contribution is -0.117. The van der Waals surface area contributed by atoms with Crippen LogP contribution in [0.15, 0.2) is 24.3 Å². The van der Waals surface area contributed by atoms with Crippen molar-refractivity contribution in [2.75, 3.05) is 5.32 Å². The highest BCUT2D eigenvalue weighted by molar-refractivity contribution is 5.95. The molecule has 1 aromatic carbocycles. The van der Waals surface area contributed by atoms with Gasteiger partial charge in [-0.3, -0.25) is 9.48 Å². The van der Waals surface area contributed by atoms with Crippen molar-refractivity contribution in [1.82, 2.24) is 9.78 Å². The number of halogens is 2. The first kappa shape index (κ1) is 15.3. The zero-order valence-corrected chi connectivity index (χ0v) is 13.4. The van der Waals surface area contributed by atoms with E-state index in [0.29, 0.717) is 18.2 Å². The van der Waals surface area contributed by atoms with E-state index in [-0.39, 0.29) is 11.7 Å². The number of amides is 1. The Morgan fingerprint density at radius 3 is 2.50 bits per heavy atom. The Morgan fingerprint density at radius 2 is 1.96 bits per heavy atom. The minimum absolute atomic E-state index is 0.289. The second-order valence-electron chi connectivity index (χ2n) is 6.72. The number of aromatic nitrogens is 2. The third-order valence-electron chi connectivity index (χ3n) is 5.01. The SMILES string of the molecule is Cn1nc(NC(=O)[C@@H]2C[C@@H]2F)c(C2CCC2)c1-c1ccc(F)cc1. The minimum atomic E-state index is -1.03. The van der Waals surface area contributed by atoms with Gasteiger partial charge < -0.3 is 5.32 Å². The number of carbonyl (C=O) groups excluding carboxylic acids is 1. The Balaban J connectivity index is 1.72. The first-order valence-electron chi connectivity index (χ1n) is 8.32. The largest absolute Gasteiger partial charge is 0.309 e. The highest BCUT2D eigenvalue weighted by Gasteiger charge is 2.44. The van der Waals surface area contributed by atoms with Gasteiger partial charge in [-0.05, 0) is 49.4 Å². The Kier molecular flexibility index (Phi) is 3.62. The van der Waals surface area contributed by atoms with Crippen LogP contribution in [0.2, 0.25) is 0 Å². The van der Waals surface area contributed by atoms with Gasteiger partial charge in [-0.2, -0.15) is 5.10 Å². The lowest BCUT2D eigenvalue weighted by Crippen LogP contribution is -2.18. The summed E-state index contributed by atoms with van der Waals surface area (Å²) in [5.74, 6) is -0.287. The fourth-order valence-corrected chi connectivity index (χ4v) is 3.31. The molecule has 1 N–H and O–H groups in total. The molecule has 1 heterocycles. The van der Waals surface area contributed by atoms with Gasteiger partial charge in [-0.1, -0.05) is 6.42 Å². The molecule has 0 saturated heterocycles. The third kappa shape index (κ3) is 2.60. The van der Waals surface area contributed by atoms with Crippen LogP contribution in [0.1, 0.15) is 37.2 Å². The van der Waals surface area contributed by atoms with Crippen molar-refractivity contribution < 1.29 is 13.6 Å². The van der Waals surface area contributed by atoms with Gasteiger partial charge in [-0.25, -0.2) is 8.78 Å². The van der Waals surface area contributed by atoms with Crippen LogP contribution in [0, 0.1) is 11.7 Å². The molecule has 2 saturated carbocycles. The second kappa shape index (κ2) is 5.69.